The Labute approximate surface area is 397 Å². The van der Waals surface area contributed by atoms with Crippen molar-refractivity contribution < 1.29 is 47.9 Å². The van der Waals surface area contributed by atoms with Gasteiger partial charge in [0.15, 0.2) is 18.2 Å². The molecule has 0 bridgehead atoms. The van der Waals surface area contributed by atoms with E-state index in [1.807, 2.05) is 60.7 Å². The zero-order chi connectivity index (χ0) is 47.6. The Morgan fingerprint density at radius 3 is 2.49 bits per heavy atom. The molecule has 4 N–H and O–H groups in total. The molecule has 5 aromatic rings. The van der Waals surface area contributed by atoms with E-state index in [4.69, 9.17) is 45.0 Å². The second kappa shape index (κ2) is 22.7. The zero-order valence-corrected chi connectivity index (χ0v) is 38.7. The molecule has 3 aliphatic heterocycles. The highest BCUT2D eigenvalue weighted by Crippen LogP contribution is 2.38. The topological polar surface area (TPSA) is 217 Å². The second-order valence-electron chi connectivity index (χ2n) is 16.5. The lowest BCUT2D eigenvalue weighted by molar-refractivity contribution is -0.141. The Morgan fingerprint density at radius 2 is 1.68 bits per heavy atom. The lowest BCUT2D eigenvalue weighted by atomic mass is 10.00. The Morgan fingerprint density at radius 1 is 0.897 bits per heavy atom. The number of piperidine rings is 2. The number of aryl methyl sites for hydroxylation is 1. The lowest BCUT2D eigenvalue weighted by Gasteiger charge is -2.32. The fraction of sp³-hybridized carbons (Fsp3) is 0.417. The van der Waals surface area contributed by atoms with Gasteiger partial charge in [0, 0.05) is 51.2 Å². The van der Waals surface area contributed by atoms with Crippen LogP contribution in [0.1, 0.15) is 43.0 Å². The summed E-state index contributed by atoms with van der Waals surface area (Å²) in [6, 6.07) is 20.2. The van der Waals surface area contributed by atoms with E-state index in [2.05, 4.69) is 25.8 Å². The summed E-state index contributed by atoms with van der Waals surface area (Å²) in [4.78, 5) is 61.6. The van der Waals surface area contributed by atoms with E-state index >= 15 is 0 Å². The number of pyridine rings is 1. The van der Waals surface area contributed by atoms with Gasteiger partial charge in [0.25, 0.3) is 11.5 Å². The minimum Gasteiger partial charge on any atom is -0.491 e. The number of hydrogen-bond donors (Lipinski definition) is 4. The Hall–Kier alpha value is -6.19. The van der Waals surface area contributed by atoms with E-state index in [0.717, 1.165) is 40.5 Å². The summed E-state index contributed by atoms with van der Waals surface area (Å²) in [7, 11) is 3.15. The fourth-order valence-corrected chi connectivity index (χ4v) is 8.51. The van der Waals surface area contributed by atoms with Crippen LogP contribution in [0.4, 0.5) is 17.5 Å². The monoisotopic (exact) mass is 954 g/mol. The van der Waals surface area contributed by atoms with Gasteiger partial charge in [0.1, 0.15) is 30.4 Å². The number of imide groups is 1. The van der Waals surface area contributed by atoms with Crippen molar-refractivity contribution in [3.63, 3.8) is 0 Å². The minimum atomic E-state index is -0.910. The SMILES string of the molecule is CNC(=O)COc1cc2cc(Nc3nc(N4CCC(OCCOCOCCOCCOc5cccc(-c6ccc7c(c6)CN(C6CCC(=O)NC6=O)C7O)c5)CC4)ncc3Cl)ccc2n(C)c1=O. The molecule has 0 spiro atoms. The van der Waals surface area contributed by atoms with Gasteiger partial charge in [-0.05, 0) is 84.0 Å². The third-order valence-electron chi connectivity index (χ3n) is 12.0. The molecule has 5 heterocycles. The molecule has 68 heavy (non-hydrogen) atoms. The standard InChI is InChI=1S/C48H55ClN8O11/c1-50-43(59)28-68-41-25-32-23-34(7-9-39(32)55(2)47(41)62)52-44-38(49)26-51-48(54-44)56-14-12-35(13-15-56)66-21-19-65-29-64-17-16-63-18-20-67-36-5-3-4-30(24-36)31-6-8-37-33(22-31)27-57(46(37)61)40-10-11-42(58)53-45(40)60/h3-9,22-26,35,40,46,61H,10-21,27-29H2,1-2H3,(H,50,59)(H,51,52,54)(H,53,58,60). The number of carbonyl (C=O) groups is 3. The number of nitrogens with zero attached hydrogens (tertiary/aromatic N) is 5. The molecule has 2 aromatic heterocycles. The Bertz CT molecular complexity index is 2660. The molecule has 20 heteroatoms. The van der Waals surface area contributed by atoms with Crippen LogP contribution in [0.15, 0.2) is 77.7 Å². The number of carbonyl (C=O) groups excluding carboxylic acids is 3. The van der Waals surface area contributed by atoms with Gasteiger partial charge in [-0.1, -0.05) is 35.9 Å². The Kier molecular flexibility index (Phi) is 16.1. The predicted octanol–water partition coefficient (Wildman–Crippen LogP) is 4.20. The van der Waals surface area contributed by atoms with Gasteiger partial charge in [0.2, 0.25) is 17.8 Å². The first-order valence-corrected chi connectivity index (χ1v) is 22.9. The van der Waals surface area contributed by atoms with Crippen LogP contribution < -0.4 is 35.9 Å². The van der Waals surface area contributed by atoms with Gasteiger partial charge in [-0.3, -0.25) is 29.4 Å². The van der Waals surface area contributed by atoms with Crippen molar-refractivity contribution in [2.24, 2.45) is 7.05 Å². The van der Waals surface area contributed by atoms with Gasteiger partial charge < -0.3 is 53.6 Å². The average Bonchev–Trinajstić information content (AvgIpc) is 3.67. The quantitative estimate of drug-likeness (QED) is 0.0461. The van der Waals surface area contributed by atoms with Crippen LogP contribution in [0, 0.1) is 0 Å². The molecule has 3 amide bonds. The number of fused-ring (bicyclic) bond motifs is 2. The number of nitrogens with one attached hydrogen (secondary N) is 3. The number of aromatic nitrogens is 3. The molecule has 3 aliphatic rings. The summed E-state index contributed by atoms with van der Waals surface area (Å²) in [5, 5.41) is 20.2. The van der Waals surface area contributed by atoms with E-state index in [0.29, 0.717) is 99.4 Å². The minimum absolute atomic E-state index is 0.0673. The fourth-order valence-electron chi connectivity index (χ4n) is 8.38. The maximum Gasteiger partial charge on any atom is 0.293 e. The molecular weight excluding hydrogens is 900 g/mol. The van der Waals surface area contributed by atoms with Crippen LogP contribution in [0.3, 0.4) is 0 Å². The number of rotatable bonds is 21. The van der Waals surface area contributed by atoms with Crippen LogP contribution in [-0.2, 0) is 46.9 Å². The first-order valence-electron chi connectivity index (χ1n) is 22.5. The van der Waals surface area contributed by atoms with Gasteiger partial charge in [-0.2, -0.15) is 4.98 Å². The molecule has 3 aromatic carbocycles. The van der Waals surface area contributed by atoms with Crippen molar-refractivity contribution in [2.45, 2.75) is 50.6 Å². The van der Waals surface area contributed by atoms with Gasteiger partial charge in [-0.25, -0.2) is 4.98 Å². The molecule has 360 valence electrons. The maximum atomic E-state index is 12.8. The second-order valence-corrected chi connectivity index (χ2v) is 16.9. The molecule has 2 atom stereocenters. The Balaban J connectivity index is 0.682. The molecule has 2 unspecified atom stereocenters. The highest BCUT2D eigenvalue weighted by Gasteiger charge is 2.39. The summed E-state index contributed by atoms with van der Waals surface area (Å²) in [6.07, 6.45) is 2.96. The largest absolute Gasteiger partial charge is 0.491 e. The number of aliphatic hydroxyl groups excluding tert-OH is 1. The van der Waals surface area contributed by atoms with Gasteiger partial charge in [0.05, 0.1) is 56.9 Å². The summed E-state index contributed by atoms with van der Waals surface area (Å²) < 4.78 is 35.8. The number of likely N-dealkylation sites (N-methyl/N-ethyl adjacent to an activating group) is 1. The van der Waals surface area contributed by atoms with E-state index in [1.165, 1.54) is 11.6 Å². The first-order chi connectivity index (χ1) is 33.0. The smallest absolute Gasteiger partial charge is 0.293 e. The number of ether oxygens (including phenoxy) is 6. The lowest BCUT2D eigenvalue weighted by Crippen LogP contribution is -2.51. The number of halogens is 1. The van der Waals surface area contributed by atoms with Crippen molar-refractivity contribution in [1.29, 1.82) is 0 Å². The van der Waals surface area contributed by atoms with Crippen molar-refractivity contribution in [3.8, 4) is 22.6 Å². The van der Waals surface area contributed by atoms with E-state index in [9.17, 15) is 24.3 Å². The van der Waals surface area contributed by atoms with Crippen molar-refractivity contribution in [3.05, 3.63) is 99.4 Å². The number of benzene rings is 3. The van der Waals surface area contributed by atoms with Crippen molar-refractivity contribution >= 4 is 57.7 Å². The number of anilines is 3. The van der Waals surface area contributed by atoms with Crippen LogP contribution in [0.5, 0.6) is 11.5 Å². The predicted molar refractivity (Wildman–Crippen MR) is 252 cm³/mol. The third-order valence-corrected chi connectivity index (χ3v) is 12.3. The summed E-state index contributed by atoms with van der Waals surface area (Å²) >= 11 is 6.51. The number of amides is 3. The summed E-state index contributed by atoms with van der Waals surface area (Å²) in [6.45, 7) is 4.01. The van der Waals surface area contributed by atoms with Crippen molar-refractivity contribution in [2.75, 3.05) is 83.4 Å². The summed E-state index contributed by atoms with van der Waals surface area (Å²) in [5.41, 5.74) is 4.66. The van der Waals surface area contributed by atoms with Crippen LogP contribution in [0.2, 0.25) is 5.02 Å². The van der Waals surface area contributed by atoms with Crippen molar-refractivity contribution in [1.82, 2.24) is 30.1 Å². The van der Waals surface area contributed by atoms with Crippen LogP contribution in [0.25, 0.3) is 22.0 Å². The molecule has 19 nitrogen and oxygen atoms in total. The number of hydrogen-bond acceptors (Lipinski definition) is 16. The highest BCUT2D eigenvalue weighted by atomic mass is 35.5. The highest BCUT2D eigenvalue weighted by molar-refractivity contribution is 6.33. The van der Waals surface area contributed by atoms with Crippen LogP contribution in [-0.4, -0.2) is 128 Å². The first kappa shape index (κ1) is 48.3. The molecule has 0 aliphatic carbocycles. The molecule has 2 fully saturated rings. The normalized spacial score (nSPS) is 17.6. The van der Waals surface area contributed by atoms with E-state index in [-0.39, 0.29) is 55.0 Å². The number of aliphatic hydroxyl groups is 1. The summed E-state index contributed by atoms with van der Waals surface area (Å²) in [5.74, 6) is 0.762. The van der Waals surface area contributed by atoms with Gasteiger partial charge >= 0.3 is 0 Å². The molecule has 2 saturated heterocycles. The molecule has 0 saturated carbocycles. The van der Waals surface area contributed by atoms with Gasteiger partial charge in [-0.15, -0.1) is 0 Å². The van der Waals surface area contributed by atoms with Crippen LogP contribution >= 0.6 is 11.6 Å². The maximum absolute atomic E-state index is 12.8. The molecule has 0 radical (unpaired) electrons. The zero-order valence-electron chi connectivity index (χ0n) is 37.9. The molecular formula is C48H55ClN8O11. The average molecular weight is 955 g/mol. The van der Waals surface area contributed by atoms with E-state index < -0.39 is 12.3 Å². The van der Waals surface area contributed by atoms with E-state index in [1.54, 1.807) is 24.2 Å². The third kappa shape index (κ3) is 11.9. The molecule has 8 rings (SSSR count).